The number of aromatic nitrogens is 2. The average molecular weight is 465 g/mol. The number of nitrogens with zero attached hydrogens (tertiary/aromatic N) is 3. The van der Waals surface area contributed by atoms with Gasteiger partial charge in [-0.05, 0) is 62.6 Å². The van der Waals surface area contributed by atoms with E-state index in [-0.39, 0.29) is 5.91 Å². The van der Waals surface area contributed by atoms with Crippen LogP contribution in [0.4, 0.5) is 11.4 Å². The van der Waals surface area contributed by atoms with E-state index in [2.05, 4.69) is 68.4 Å². The third kappa shape index (κ3) is 7.47. The minimum atomic E-state index is -0.0573. The first-order valence-electron chi connectivity index (χ1n) is 12.5. The second-order valence-corrected chi connectivity index (χ2v) is 8.34. The lowest BCUT2D eigenvalue weighted by atomic mass is 10.1. The van der Waals surface area contributed by atoms with Crippen LogP contribution in [0.3, 0.4) is 0 Å². The molecule has 0 saturated heterocycles. The summed E-state index contributed by atoms with van der Waals surface area (Å²) in [5, 5.41) is 3.52. The zero-order valence-electron chi connectivity index (χ0n) is 22.7. The largest absolute Gasteiger partial charge is 0.376 e. The van der Waals surface area contributed by atoms with Gasteiger partial charge in [0.25, 0.3) is 0 Å². The lowest BCUT2D eigenvalue weighted by Crippen LogP contribution is -2.26. The Morgan fingerprint density at radius 1 is 1.03 bits per heavy atom. The number of hydrogen-bond acceptors (Lipinski definition) is 3. The number of imidazole rings is 1. The molecular weight excluding hydrogens is 420 g/mol. The molecule has 5 heteroatoms. The van der Waals surface area contributed by atoms with E-state index in [9.17, 15) is 4.79 Å². The van der Waals surface area contributed by atoms with Crippen molar-refractivity contribution in [2.75, 3.05) is 10.2 Å². The van der Waals surface area contributed by atoms with Gasteiger partial charge in [-0.3, -0.25) is 9.69 Å². The molecule has 3 rings (SSSR count). The van der Waals surface area contributed by atoms with Crippen LogP contribution in [0.25, 0.3) is 11.0 Å². The van der Waals surface area contributed by atoms with Gasteiger partial charge in [-0.25, -0.2) is 4.98 Å². The van der Waals surface area contributed by atoms with Crippen molar-refractivity contribution in [3.05, 3.63) is 65.6 Å². The van der Waals surface area contributed by atoms with E-state index in [4.69, 9.17) is 4.98 Å². The third-order valence-electron chi connectivity index (χ3n) is 4.96. The molecule has 0 aliphatic rings. The molecular formula is C29H44N4O. The minimum Gasteiger partial charge on any atom is -0.376 e. The number of benzene rings is 2. The lowest BCUT2D eigenvalue weighted by Gasteiger charge is -2.25. The molecule has 0 spiro atoms. The zero-order chi connectivity index (χ0) is 25.8. The number of fused-ring (bicyclic) bond motifs is 1. The van der Waals surface area contributed by atoms with Crippen molar-refractivity contribution in [1.29, 1.82) is 0 Å². The molecule has 0 radical (unpaired) electrons. The Bertz CT molecular complexity index is 1070. The Morgan fingerprint density at radius 3 is 2.18 bits per heavy atom. The summed E-state index contributed by atoms with van der Waals surface area (Å²) in [6.45, 7) is 23.4. The van der Waals surface area contributed by atoms with E-state index in [1.54, 1.807) is 11.8 Å². The van der Waals surface area contributed by atoms with Crippen molar-refractivity contribution in [3.8, 4) is 0 Å². The fourth-order valence-electron chi connectivity index (χ4n) is 3.70. The molecule has 5 nitrogen and oxygen atoms in total. The van der Waals surface area contributed by atoms with Crippen LogP contribution < -0.4 is 10.2 Å². The van der Waals surface area contributed by atoms with E-state index in [1.165, 1.54) is 12.0 Å². The highest BCUT2D eigenvalue weighted by Gasteiger charge is 2.17. The maximum absolute atomic E-state index is 12.2. The SMILES string of the molecule is C=C(C)N(C(C)=O)c1ccc(C)cc1NCc1nc2cc(C)ccc2n1CCC.CC.CCC. The van der Waals surface area contributed by atoms with Crippen LogP contribution in [0.5, 0.6) is 0 Å². The van der Waals surface area contributed by atoms with Crippen LogP contribution >= 0.6 is 0 Å². The molecule has 0 saturated carbocycles. The summed E-state index contributed by atoms with van der Waals surface area (Å²) in [5.74, 6) is 0.933. The Kier molecular flexibility index (Phi) is 12.1. The van der Waals surface area contributed by atoms with Crippen LogP contribution in [-0.4, -0.2) is 15.5 Å². The minimum absolute atomic E-state index is 0.0573. The first-order chi connectivity index (χ1) is 16.2. The highest BCUT2D eigenvalue weighted by molar-refractivity contribution is 5.98. The summed E-state index contributed by atoms with van der Waals surface area (Å²) in [7, 11) is 0. The topological polar surface area (TPSA) is 50.2 Å². The van der Waals surface area contributed by atoms with Crippen LogP contribution in [0.15, 0.2) is 48.7 Å². The maximum atomic E-state index is 12.2. The van der Waals surface area contributed by atoms with Crippen LogP contribution in [-0.2, 0) is 17.9 Å². The number of amides is 1. The molecule has 0 atom stereocenters. The summed E-state index contributed by atoms with van der Waals surface area (Å²) in [5.41, 5.74) is 6.91. The van der Waals surface area contributed by atoms with Crippen LogP contribution in [0.2, 0.25) is 0 Å². The lowest BCUT2D eigenvalue weighted by molar-refractivity contribution is -0.116. The molecule has 186 valence electrons. The van der Waals surface area contributed by atoms with E-state index in [0.717, 1.165) is 46.8 Å². The fraction of sp³-hybridized carbons (Fsp3) is 0.448. The van der Waals surface area contributed by atoms with Crippen molar-refractivity contribution < 1.29 is 4.79 Å². The van der Waals surface area contributed by atoms with Gasteiger partial charge >= 0.3 is 0 Å². The van der Waals surface area contributed by atoms with Gasteiger partial charge in [0, 0.05) is 19.2 Å². The molecule has 3 aromatic rings. The molecule has 0 aliphatic heterocycles. The van der Waals surface area contributed by atoms with Crippen molar-refractivity contribution in [3.63, 3.8) is 0 Å². The second kappa shape index (κ2) is 14.2. The maximum Gasteiger partial charge on any atom is 0.228 e. The van der Waals surface area contributed by atoms with Crippen LogP contribution in [0, 0.1) is 13.8 Å². The van der Waals surface area contributed by atoms with Gasteiger partial charge in [0.05, 0.1) is 29.0 Å². The number of carbonyl (C=O) groups is 1. The Balaban J connectivity index is 0.00000107. The standard InChI is InChI=1S/C24H30N4O.C3H8.C2H6/c1-7-12-27-22-10-8-18(5)14-21(22)26-24(27)15-25-20-13-17(4)9-11-23(20)28(16(2)3)19(6)29;1-3-2;1-2/h8-11,13-14,25H,2,7,12,15H2,1,3-6H3;3H2,1-2H3;1-2H3. The molecule has 34 heavy (non-hydrogen) atoms. The first kappa shape index (κ1) is 29.0. The molecule has 0 bridgehead atoms. The van der Waals surface area contributed by atoms with Crippen molar-refractivity contribution in [2.45, 2.75) is 88.2 Å². The van der Waals surface area contributed by atoms with Crippen molar-refractivity contribution in [2.24, 2.45) is 0 Å². The molecule has 1 amide bonds. The number of nitrogens with one attached hydrogen (secondary N) is 1. The third-order valence-corrected chi connectivity index (χ3v) is 4.96. The van der Waals surface area contributed by atoms with Gasteiger partial charge in [0.2, 0.25) is 5.91 Å². The number of rotatable bonds is 7. The number of hydrogen-bond donors (Lipinski definition) is 1. The average Bonchev–Trinajstić information content (AvgIpc) is 3.12. The molecule has 1 heterocycles. The monoisotopic (exact) mass is 464 g/mol. The molecule has 0 aliphatic carbocycles. The summed E-state index contributed by atoms with van der Waals surface area (Å²) >= 11 is 0. The second-order valence-electron chi connectivity index (χ2n) is 8.34. The smallest absolute Gasteiger partial charge is 0.228 e. The molecule has 1 aromatic heterocycles. The Hall–Kier alpha value is -3.08. The number of allylic oxidation sites excluding steroid dienone is 1. The van der Waals surface area contributed by atoms with Crippen molar-refractivity contribution in [1.82, 2.24) is 9.55 Å². The van der Waals surface area contributed by atoms with Gasteiger partial charge in [0.15, 0.2) is 0 Å². The van der Waals surface area contributed by atoms with Gasteiger partial charge in [-0.2, -0.15) is 0 Å². The van der Waals surface area contributed by atoms with E-state index in [0.29, 0.717) is 12.2 Å². The predicted molar refractivity (Wildman–Crippen MR) is 149 cm³/mol. The number of carbonyl (C=O) groups excluding carboxylic acids is 1. The van der Waals surface area contributed by atoms with Crippen molar-refractivity contribution >= 4 is 28.3 Å². The first-order valence-corrected chi connectivity index (χ1v) is 12.5. The van der Waals surface area contributed by atoms with Crippen LogP contribution in [0.1, 0.15) is 78.3 Å². The quantitative estimate of drug-likeness (QED) is 0.385. The van der Waals surface area contributed by atoms with Gasteiger partial charge in [-0.1, -0.05) is 59.8 Å². The fourth-order valence-corrected chi connectivity index (χ4v) is 3.70. The van der Waals surface area contributed by atoms with Gasteiger partial charge in [-0.15, -0.1) is 0 Å². The van der Waals surface area contributed by atoms with E-state index >= 15 is 0 Å². The summed E-state index contributed by atoms with van der Waals surface area (Å²) in [4.78, 5) is 18.7. The number of anilines is 2. The van der Waals surface area contributed by atoms with E-state index in [1.807, 2.05) is 39.8 Å². The highest BCUT2D eigenvalue weighted by atomic mass is 16.2. The number of aryl methyl sites for hydroxylation is 3. The van der Waals surface area contributed by atoms with E-state index < -0.39 is 0 Å². The summed E-state index contributed by atoms with van der Waals surface area (Å²) in [6.07, 6.45) is 2.29. The Morgan fingerprint density at radius 2 is 1.62 bits per heavy atom. The highest BCUT2D eigenvalue weighted by Crippen LogP contribution is 2.30. The molecule has 2 aromatic carbocycles. The predicted octanol–water partition coefficient (Wildman–Crippen LogP) is 8.00. The molecule has 0 unspecified atom stereocenters. The van der Waals surface area contributed by atoms with Gasteiger partial charge in [0.1, 0.15) is 5.82 Å². The normalized spacial score (nSPS) is 10.0. The van der Waals surface area contributed by atoms with Gasteiger partial charge < -0.3 is 9.88 Å². The zero-order valence-corrected chi connectivity index (χ0v) is 22.7. The summed E-state index contributed by atoms with van der Waals surface area (Å²) < 4.78 is 2.28. The summed E-state index contributed by atoms with van der Waals surface area (Å²) in [6, 6.07) is 12.4. The Labute approximate surface area is 206 Å². The molecule has 0 fully saturated rings. The molecule has 1 N–H and O–H groups in total.